The smallest absolute Gasteiger partial charge is 0.306 e. The zero-order valence-electron chi connectivity index (χ0n) is 16.2. The van der Waals surface area contributed by atoms with Crippen LogP contribution >= 0.6 is 0 Å². The molecule has 0 heterocycles. The molecule has 0 aliphatic rings. The lowest BCUT2D eigenvalue weighted by atomic mass is 10.0. The van der Waals surface area contributed by atoms with Crippen molar-refractivity contribution >= 4 is 5.97 Å². The van der Waals surface area contributed by atoms with Crippen molar-refractivity contribution in [3.8, 4) is 0 Å². The topological polar surface area (TPSA) is 26.3 Å². The number of carbonyl (C=O) groups is 1. The Morgan fingerprint density at radius 2 is 1.09 bits per heavy atom. The van der Waals surface area contributed by atoms with Crippen molar-refractivity contribution in [2.45, 2.75) is 130 Å². The minimum absolute atomic E-state index is 0.0372. The van der Waals surface area contributed by atoms with E-state index in [1.807, 2.05) is 0 Å². The molecule has 0 fully saturated rings. The Balaban J connectivity index is 3.95. The summed E-state index contributed by atoms with van der Waals surface area (Å²) in [4.78, 5) is 12.0. The van der Waals surface area contributed by atoms with Crippen molar-refractivity contribution in [2.75, 3.05) is 0 Å². The Kier molecular flexibility index (Phi) is 17.4. The summed E-state index contributed by atoms with van der Waals surface area (Å²) in [6.45, 7) is 6.68. The van der Waals surface area contributed by atoms with Crippen LogP contribution in [0.4, 0.5) is 0 Å². The van der Waals surface area contributed by atoms with Gasteiger partial charge >= 0.3 is 5.97 Å². The second-order valence-electron chi connectivity index (χ2n) is 6.97. The molecule has 1 unspecified atom stereocenters. The van der Waals surface area contributed by atoms with E-state index in [4.69, 9.17) is 4.74 Å². The highest BCUT2D eigenvalue weighted by Crippen LogP contribution is 2.17. The highest BCUT2D eigenvalue weighted by Gasteiger charge is 2.14. The number of rotatable bonds is 17. The second kappa shape index (κ2) is 17.8. The molecule has 138 valence electrons. The molecule has 0 saturated heterocycles. The van der Waals surface area contributed by atoms with E-state index < -0.39 is 0 Å². The summed E-state index contributed by atoms with van der Waals surface area (Å²) in [7, 11) is 0. The van der Waals surface area contributed by atoms with Crippen molar-refractivity contribution in [2.24, 2.45) is 0 Å². The fourth-order valence-corrected chi connectivity index (χ4v) is 2.98. The Labute approximate surface area is 145 Å². The maximum atomic E-state index is 12.0. The molecule has 0 aliphatic heterocycles. The number of hydrogen-bond acceptors (Lipinski definition) is 2. The van der Waals surface area contributed by atoms with Crippen molar-refractivity contribution < 1.29 is 9.53 Å². The number of unbranched alkanes of at least 4 members (excludes halogenated alkanes) is 10. The fraction of sp³-hybridized carbons (Fsp3) is 0.952. The fourth-order valence-electron chi connectivity index (χ4n) is 2.98. The van der Waals surface area contributed by atoms with Crippen LogP contribution in [0.25, 0.3) is 0 Å². The van der Waals surface area contributed by atoms with Gasteiger partial charge in [0, 0.05) is 6.42 Å². The molecule has 2 heteroatoms. The molecule has 0 aromatic carbocycles. The van der Waals surface area contributed by atoms with Gasteiger partial charge in [-0.15, -0.1) is 0 Å². The monoisotopic (exact) mass is 326 g/mol. The highest BCUT2D eigenvalue weighted by atomic mass is 16.5. The standard InChI is InChI=1S/C21H42O2/c1-4-7-10-13-15-18-20(17-14-11-8-5-2)23-21(22)19-16-12-9-6-3/h20H,4-19H2,1-3H3. The van der Waals surface area contributed by atoms with Crippen molar-refractivity contribution in [1.29, 1.82) is 0 Å². The van der Waals surface area contributed by atoms with Crippen molar-refractivity contribution in [3.63, 3.8) is 0 Å². The SMILES string of the molecule is CCCCCCCC(CCCCCC)OC(=O)CCCCCC. The second-order valence-corrected chi connectivity index (χ2v) is 6.97. The molecule has 0 radical (unpaired) electrons. The van der Waals surface area contributed by atoms with E-state index in [0.717, 1.165) is 25.7 Å². The van der Waals surface area contributed by atoms with Crippen LogP contribution in [-0.2, 0) is 9.53 Å². The first kappa shape index (κ1) is 22.5. The molecule has 0 spiro atoms. The average molecular weight is 327 g/mol. The summed E-state index contributed by atoms with van der Waals surface area (Å²) in [6.07, 6.45) is 19.0. The summed E-state index contributed by atoms with van der Waals surface area (Å²) in [5, 5.41) is 0. The normalized spacial score (nSPS) is 12.3. The summed E-state index contributed by atoms with van der Waals surface area (Å²) < 4.78 is 5.78. The summed E-state index contributed by atoms with van der Waals surface area (Å²) in [6, 6.07) is 0. The first-order chi connectivity index (χ1) is 11.2. The summed E-state index contributed by atoms with van der Waals surface area (Å²) >= 11 is 0. The van der Waals surface area contributed by atoms with Crippen LogP contribution in [0.3, 0.4) is 0 Å². The van der Waals surface area contributed by atoms with E-state index in [0.29, 0.717) is 6.42 Å². The van der Waals surface area contributed by atoms with Crippen LogP contribution in [0.1, 0.15) is 124 Å². The van der Waals surface area contributed by atoms with Gasteiger partial charge in [-0.1, -0.05) is 85.0 Å². The average Bonchev–Trinajstić information content (AvgIpc) is 2.55. The third-order valence-electron chi connectivity index (χ3n) is 4.54. The molecule has 0 rings (SSSR count). The van der Waals surface area contributed by atoms with E-state index in [1.165, 1.54) is 70.6 Å². The molecular weight excluding hydrogens is 284 g/mol. The van der Waals surface area contributed by atoms with Gasteiger partial charge in [-0.25, -0.2) is 0 Å². The molecule has 2 nitrogen and oxygen atoms in total. The van der Waals surface area contributed by atoms with E-state index in [-0.39, 0.29) is 12.1 Å². The summed E-state index contributed by atoms with van der Waals surface area (Å²) in [5.41, 5.74) is 0. The lowest BCUT2D eigenvalue weighted by Crippen LogP contribution is -2.18. The Hall–Kier alpha value is -0.530. The molecular formula is C21H42O2. The van der Waals surface area contributed by atoms with E-state index >= 15 is 0 Å². The van der Waals surface area contributed by atoms with Gasteiger partial charge in [0.05, 0.1) is 0 Å². The van der Waals surface area contributed by atoms with Gasteiger partial charge in [-0.2, -0.15) is 0 Å². The zero-order valence-corrected chi connectivity index (χ0v) is 16.2. The van der Waals surface area contributed by atoms with Gasteiger partial charge < -0.3 is 4.74 Å². The van der Waals surface area contributed by atoms with Crippen LogP contribution in [-0.4, -0.2) is 12.1 Å². The van der Waals surface area contributed by atoms with Crippen LogP contribution in [0.5, 0.6) is 0 Å². The first-order valence-corrected chi connectivity index (χ1v) is 10.4. The third kappa shape index (κ3) is 16.1. The van der Waals surface area contributed by atoms with Gasteiger partial charge in [-0.05, 0) is 32.1 Å². The van der Waals surface area contributed by atoms with Crippen molar-refractivity contribution in [3.05, 3.63) is 0 Å². The Morgan fingerprint density at radius 3 is 1.61 bits per heavy atom. The largest absolute Gasteiger partial charge is 0.462 e. The minimum Gasteiger partial charge on any atom is -0.462 e. The molecule has 0 aromatic heterocycles. The molecule has 0 bridgehead atoms. The molecule has 0 amide bonds. The van der Waals surface area contributed by atoms with Crippen LogP contribution < -0.4 is 0 Å². The molecule has 0 aliphatic carbocycles. The minimum atomic E-state index is 0.0372. The van der Waals surface area contributed by atoms with Gasteiger partial charge in [0.2, 0.25) is 0 Å². The zero-order chi connectivity index (χ0) is 17.2. The Morgan fingerprint density at radius 1 is 0.652 bits per heavy atom. The maximum absolute atomic E-state index is 12.0. The number of ether oxygens (including phenoxy) is 1. The third-order valence-corrected chi connectivity index (χ3v) is 4.54. The number of carbonyl (C=O) groups excluding carboxylic acids is 1. The van der Waals surface area contributed by atoms with E-state index in [2.05, 4.69) is 20.8 Å². The molecule has 0 aromatic rings. The lowest BCUT2D eigenvalue weighted by Gasteiger charge is -2.18. The molecule has 1 atom stereocenters. The summed E-state index contributed by atoms with van der Waals surface area (Å²) in [5.74, 6) is 0.0372. The highest BCUT2D eigenvalue weighted by molar-refractivity contribution is 5.69. The van der Waals surface area contributed by atoms with Crippen LogP contribution in [0, 0.1) is 0 Å². The maximum Gasteiger partial charge on any atom is 0.306 e. The molecule has 0 saturated carbocycles. The molecule has 23 heavy (non-hydrogen) atoms. The predicted octanol–water partition coefficient (Wildman–Crippen LogP) is 7.20. The van der Waals surface area contributed by atoms with Crippen LogP contribution in [0.2, 0.25) is 0 Å². The van der Waals surface area contributed by atoms with Crippen LogP contribution in [0.15, 0.2) is 0 Å². The number of esters is 1. The predicted molar refractivity (Wildman–Crippen MR) is 101 cm³/mol. The Bertz CT molecular complexity index is 250. The van der Waals surface area contributed by atoms with Gasteiger partial charge in [0.1, 0.15) is 6.10 Å². The van der Waals surface area contributed by atoms with E-state index in [1.54, 1.807) is 0 Å². The van der Waals surface area contributed by atoms with Gasteiger partial charge in [0.25, 0.3) is 0 Å². The quantitative estimate of drug-likeness (QED) is 0.209. The first-order valence-electron chi connectivity index (χ1n) is 10.4. The van der Waals surface area contributed by atoms with Gasteiger partial charge in [0.15, 0.2) is 0 Å². The van der Waals surface area contributed by atoms with Crippen molar-refractivity contribution in [1.82, 2.24) is 0 Å². The van der Waals surface area contributed by atoms with Gasteiger partial charge in [-0.3, -0.25) is 4.79 Å². The molecule has 0 N–H and O–H groups in total. The number of hydrogen-bond donors (Lipinski definition) is 0. The van der Waals surface area contributed by atoms with E-state index in [9.17, 15) is 4.79 Å². The lowest BCUT2D eigenvalue weighted by molar-refractivity contribution is -0.150.